The molecule has 0 spiro atoms. The number of ketones is 1. The van der Waals surface area contributed by atoms with E-state index in [0.29, 0.717) is 35.9 Å². The van der Waals surface area contributed by atoms with Gasteiger partial charge in [0.15, 0.2) is 0 Å². The summed E-state index contributed by atoms with van der Waals surface area (Å²) in [4.78, 5) is 26.8. The number of nitrogens with zero attached hydrogens (tertiary/aromatic N) is 1. The van der Waals surface area contributed by atoms with Gasteiger partial charge in [0, 0.05) is 23.7 Å². The highest BCUT2D eigenvalue weighted by Crippen LogP contribution is 2.39. The Morgan fingerprint density at radius 2 is 1.96 bits per heavy atom. The van der Waals surface area contributed by atoms with Crippen LogP contribution >= 0.6 is 11.6 Å². The molecule has 1 atom stereocenters. The molecular weight excluding hydrogens is 382 g/mol. The van der Waals surface area contributed by atoms with Crippen molar-refractivity contribution < 1.29 is 23.8 Å². The van der Waals surface area contributed by atoms with Crippen molar-refractivity contribution in [2.45, 2.75) is 32.4 Å². The third-order valence-corrected chi connectivity index (χ3v) is 4.72. The number of ether oxygens (including phenoxy) is 1. The monoisotopic (exact) mass is 403 g/mol. The van der Waals surface area contributed by atoms with Gasteiger partial charge in [-0.15, -0.1) is 0 Å². The van der Waals surface area contributed by atoms with Gasteiger partial charge in [0.2, 0.25) is 0 Å². The molecule has 6 nitrogen and oxygen atoms in total. The first kappa shape index (κ1) is 20.2. The summed E-state index contributed by atoms with van der Waals surface area (Å²) in [5.74, 6) is -1.24. The number of hydrogen-bond acceptors (Lipinski definition) is 5. The molecule has 0 aliphatic carbocycles. The first-order valence-corrected chi connectivity index (χ1v) is 9.47. The van der Waals surface area contributed by atoms with Crippen LogP contribution in [0.2, 0.25) is 5.02 Å². The van der Waals surface area contributed by atoms with Gasteiger partial charge in [-0.05, 0) is 56.7 Å². The smallest absolute Gasteiger partial charge is 0.295 e. The highest BCUT2D eigenvalue weighted by atomic mass is 35.5. The van der Waals surface area contributed by atoms with E-state index in [2.05, 4.69) is 0 Å². The van der Waals surface area contributed by atoms with Crippen molar-refractivity contribution in [2.24, 2.45) is 0 Å². The number of furan rings is 1. The number of likely N-dealkylation sites (tertiary alicyclic amines) is 1. The molecule has 3 rings (SSSR count). The molecule has 0 saturated carbocycles. The maximum Gasteiger partial charge on any atom is 0.295 e. The Balaban J connectivity index is 1.96. The number of amides is 1. The van der Waals surface area contributed by atoms with E-state index in [1.165, 1.54) is 11.2 Å². The van der Waals surface area contributed by atoms with Gasteiger partial charge in [0.05, 0.1) is 17.9 Å². The molecule has 1 amide bonds. The van der Waals surface area contributed by atoms with E-state index in [4.69, 9.17) is 20.8 Å². The lowest BCUT2D eigenvalue weighted by Gasteiger charge is -2.23. The van der Waals surface area contributed by atoms with Gasteiger partial charge in [0.1, 0.15) is 17.6 Å². The number of carbonyl (C=O) groups excluding carboxylic acids is 2. The molecule has 1 fully saturated rings. The summed E-state index contributed by atoms with van der Waals surface area (Å²) in [5, 5.41) is 11.3. The summed E-state index contributed by atoms with van der Waals surface area (Å²) < 4.78 is 11.0. The standard InChI is InChI=1S/C21H22ClNO5/c1-13(2)27-12-4-10-23-18(16-5-3-11-28-16)17(20(25)21(23)26)19(24)14-6-8-15(22)9-7-14/h3,5-9,11,13,18,24H,4,10,12H2,1-2H3. The number of Topliss-reactive ketones (excluding diaryl/α,β-unsaturated/α-hetero) is 1. The van der Waals surface area contributed by atoms with E-state index in [-0.39, 0.29) is 17.4 Å². The fourth-order valence-corrected chi connectivity index (χ4v) is 3.30. The molecule has 1 aliphatic rings. The number of aliphatic hydroxyl groups excluding tert-OH is 1. The second kappa shape index (κ2) is 8.63. The molecule has 1 saturated heterocycles. The van der Waals surface area contributed by atoms with E-state index in [1.807, 2.05) is 13.8 Å². The van der Waals surface area contributed by atoms with Gasteiger partial charge in [-0.25, -0.2) is 0 Å². The molecule has 1 aliphatic heterocycles. The predicted molar refractivity (Wildman–Crippen MR) is 105 cm³/mol. The average molecular weight is 404 g/mol. The molecule has 28 heavy (non-hydrogen) atoms. The quantitative estimate of drug-likeness (QED) is 0.325. The Bertz CT molecular complexity index is 871. The first-order valence-electron chi connectivity index (χ1n) is 9.09. The minimum atomic E-state index is -0.787. The lowest BCUT2D eigenvalue weighted by molar-refractivity contribution is -0.140. The Hall–Kier alpha value is -2.57. The predicted octanol–water partition coefficient (Wildman–Crippen LogP) is 4.17. The summed E-state index contributed by atoms with van der Waals surface area (Å²) in [6.45, 7) is 4.63. The maximum absolute atomic E-state index is 12.7. The summed E-state index contributed by atoms with van der Waals surface area (Å²) in [6.07, 6.45) is 2.12. The van der Waals surface area contributed by atoms with Crippen LogP contribution in [0.25, 0.3) is 5.76 Å². The van der Waals surface area contributed by atoms with Crippen molar-refractivity contribution in [1.29, 1.82) is 0 Å². The van der Waals surface area contributed by atoms with E-state index in [9.17, 15) is 14.7 Å². The topological polar surface area (TPSA) is 80.0 Å². The van der Waals surface area contributed by atoms with Crippen LogP contribution < -0.4 is 0 Å². The number of rotatable bonds is 7. The van der Waals surface area contributed by atoms with Crippen molar-refractivity contribution in [2.75, 3.05) is 13.2 Å². The van der Waals surface area contributed by atoms with Gasteiger partial charge < -0.3 is 19.2 Å². The zero-order chi connectivity index (χ0) is 20.3. The Labute approximate surface area is 168 Å². The molecule has 0 bridgehead atoms. The lowest BCUT2D eigenvalue weighted by Crippen LogP contribution is -2.31. The zero-order valence-electron chi connectivity index (χ0n) is 15.7. The minimum Gasteiger partial charge on any atom is -0.507 e. The highest BCUT2D eigenvalue weighted by molar-refractivity contribution is 6.46. The molecule has 2 aromatic rings. The van der Waals surface area contributed by atoms with Gasteiger partial charge in [0.25, 0.3) is 11.7 Å². The third kappa shape index (κ3) is 4.13. The molecule has 1 aromatic heterocycles. The lowest BCUT2D eigenvalue weighted by atomic mass is 9.99. The molecule has 1 aromatic carbocycles. The van der Waals surface area contributed by atoms with Crippen molar-refractivity contribution in [1.82, 2.24) is 4.90 Å². The van der Waals surface area contributed by atoms with Crippen LogP contribution in [0.5, 0.6) is 0 Å². The molecule has 1 N–H and O–H groups in total. The van der Waals surface area contributed by atoms with Gasteiger partial charge in [-0.1, -0.05) is 11.6 Å². The van der Waals surface area contributed by atoms with Crippen molar-refractivity contribution >= 4 is 29.1 Å². The Kier molecular flexibility index (Phi) is 6.21. The van der Waals surface area contributed by atoms with Crippen molar-refractivity contribution in [3.05, 3.63) is 64.6 Å². The van der Waals surface area contributed by atoms with E-state index in [0.717, 1.165) is 0 Å². The van der Waals surface area contributed by atoms with Crippen LogP contribution in [0.3, 0.4) is 0 Å². The van der Waals surface area contributed by atoms with E-state index >= 15 is 0 Å². The van der Waals surface area contributed by atoms with E-state index < -0.39 is 17.7 Å². The number of halogens is 1. The van der Waals surface area contributed by atoms with Gasteiger partial charge >= 0.3 is 0 Å². The summed E-state index contributed by atoms with van der Waals surface area (Å²) in [6, 6.07) is 8.99. The fourth-order valence-electron chi connectivity index (χ4n) is 3.17. The fraction of sp³-hybridized carbons (Fsp3) is 0.333. The molecule has 148 valence electrons. The third-order valence-electron chi connectivity index (χ3n) is 4.46. The van der Waals surface area contributed by atoms with Crippen LogP contribution in [0, 0.1) is 0 Å². The van der Waals surface area contributed by atoms with Gasteiger partial charge in [-0.2, -0.15) is 0 Å². The van der Waals surface area contributed by atoms with Crippen LogP contribution in [-0.4, -0.2) is 41.0 Å². The second-order valence-electron chi connectivity index (χ2n) is 6.79. The Morgan fingerprint density at radius 3 is 2.57 bits per heavy atom. The van der Waals surface area contributed by atoms with Crippen molar-refractivity contribution in [3.8, 4) is 0 Å². The minimum absolute atomic E-state index is 0.00653. The second-order valence-corrected chi connectivity index (χ2v) is 7.22. The van der Waals surface area contributed by atoms with Crippen LogP contribution in [0.15, 0.2) is 52.7 Å². The number of carbonyl (C=O) groups is 2. The SMILES string of the molecule is CC(C)OCCCN1C(=O)C(=O)C(=C(O)c2ccc(Cl)cc2)C1c1ccco1. The normalized spacial score (nSPS) is 19.0. The van der Waals surface area contributed by atoms with Crippen LogP contribution in [0.4, 0.5) is 0 Å². The van der Waals surface area contributed by atoms with Crippen molar-refractivity contribution in [3.63, 3.8) is 0 Å². The molecular formula is C21H22ClNO5. The largest absolute Gasteiger partial charge is 0.507 e. The maximum atomic E-state index is 12.7. The number of aliphatic hydroxyl groups is 1. The Morgan fingerprint density at radius 1 is 1.25 bits per heavy atom. The first-order chi connectivity index (χ1) is 13.4. The van der Waals surface area contributed by atoms with Gasteiger partial charge in [-0.3, -0.25) is 9.59 Å². The van der Waals surface area contributed by atoms with E-state index in [1.54, 1.807) is 36.4 Å². The number of hydrogen-bond donors (Lipinski definition) is 1. The summed E-state index contributed by atoms with van der Waals surface area (Å²) in [5.41, 5.74) is 0.411. The summed E-state index contributed by atoms with van der Waals surface area (Å²) >= 11 is 5.90. The van der Waals surface area contributed by atoms with Crippen LogP contribution in [0.1, 0.15) is 37.6 Å². The molecule has 1 unspecified atom stereocenters. The number of benzene rings is 1. The molecule has 2 heterocycles. The summed E-state index contributed by atoms with van der Waals surface area (Å²) in [7, 11) is 0. The van der Waals surface area contributed by atoms with Crippen LogP contribution in [-0.2, 0) is 14.3 Å². The molecule has 0 radical (unpaired) electrons. The highest BCUT2D eigenvalue weighted by Gasteiger charge is 2.47. The average Bonchev–Trinajstić information content (AvgIpc) is 3.27. The zero-order valence-corrected chi connectivity index (χ0v) is 16.5. The molecule has 7 heteroatoms.